The molecule has 5 unspecified atom stereocenters. The van der Waals surface area contributed by atoms with E-state index in [0.29, 0.717) is 17.4 Å². The topological polar surface area (TPSA) is 47.6 Å². The molecule has 0 spiro atoms. The molecule has 1 fully saturated rings. The minimum atomic E-state index is -0.149. The molecule has 1 aromatic carbocycles. The van der Waals surface area contributed by atoms with Crippen LogP contribution in [-0.4, -0.2) is 24.7 Å². The first-order valence-corrected chi connectivity index (χ1v) is 7.77. The van der Waals surface area contributed by atoms with Crippen LogP contribution in [0.4, 0.5) is 5.69 Å². The fourth-order valence-corrected chi connectivity index (χ4v) is 3.86. The van der Waals surface area contributed by atoms with E-state index in [1.807, 2.05) is 18.2 Å². The van der Waals surface area contributed by atoms with Crippen molar-refractivity contribution < 1.29 is 14.3 Å². The summed E-state index contributed by atoms with van der Waals surface area (Å²) in [6, 6.07) is 5.75. The normalized spacial score (nSPS) is 33.0. The van der Waals surface area contributed by atoms with E-state index in [1.54, 1.807) is 0 Å². The Labute approximate surface area is 129 Å². The second-order valence-electron chi connectivity index (χ2n) is 5.98. The lowest BCUT2D eigenvalue weighted by atomic mass is 9.84. The smallest absolute Gasteiger partial charge is 0.262 e. The van der Waals surface area contributed by atoms with Gasteiger partial charge in [-0.1, -0.05) is 13.0 Å². The van der Waals surface area contributed by atoms with Crippen LogP contribution in [0.15, 0.2) is 18.2 Å². The molecule has 2 aliphatic heterocycles. The molecule has 5 heteroatoms. The van der Waals surface area contributed by atoms with Gasteiger partial charge in [-0.25, -0.2) is 0 Å². The van der Waals surface area contributed by atoms with Crippen molar-refractivity contribution in [3.8, 4) is 5.75 Å². The van der Waals surface area contributed by atoms with E-state index in [9.17, 15) is 4.79 Å². The first-order chi connectivity index (χ1) is 9.97. The molecule has 0 bridgehead atoms. The van der Waals surface area contributed by atoms with Crippen LogP contribution >= 0.6 is 11.6 Å². The summed E-state index contributed by atoms with van der Waals surface area (Å²) in [5, 5.41) is 2.67. The molecule has 5 atom stereocenters. The van der Waals surface area contributed by atoms with E-state index in [1.165, 1.54) is 0 Å². The second-order valence-corrected chi connectivity index (χ2v) is 6.45. The molecule has 1 saturated heterocycles. The number of anilines is 1. The molecule has 1 amide bonds. The summed E-state index contributed by atoms with van der Waals surface area (Å²) >= 11 is 6.71. The fraction of sp³-hybridized carbons (Fsp3) is 0.562. The number of hydrogen-bond donors (Lipinski definition) is 1. The molecular weight excluding hydrogens is 290 g/mol. The minimum absolute atomic E-state index is 0.0682. The lowest BCUT2D eigenvalue weighted by Gasteiger charge is -2.26. The maximum Gasteiger partial charge on any atom is 0.262 e. The third-order valence-electron chi connectivity index (χ3n) is 4.61. The first-order valence-electron chi connectivity index (χ1n) is 7.33. The lowest BCUT2D eigenvalue weighted by Crippen LogP contribution is -2.26. The fourth-order valence-electron chi connectivity index (χ4n) is 3.29. The summed E-state index contributed by atoms with van der Waals surface area (Å²) in [7, 11) is 0. The number of amides is 1. The van der Waals surface area contributed by atoms with Crippen molar-refractivity contribution >= 4 is 23.2 Å². The van der Waals surface area contributed by atoms with Gasteiger partial charge in [0.15, 0.2) is 6.61 Å². The van der Waals surface area contributed by atoms with Crippen molar-refractivity contribution in [1.29, 1.82) is 0 Å². The Hall–Kier alpha value is -1.26. The highest BCUT2D eigenvalue weighted by Gasteiger charge is 2.41. The van der Waals surface area contributed by atoms with Crippen LogP contribution in [0, 0.1) is 11.8 Å². The SMILES string of the molecule is CC1OC(C)C(C(Cl)c2ccc3c(c2)NC(=O)CO3)C1C. The van der Waals surface area contributed by atoms with E-state index in [-0.39, 0.29) is 36.0 Å². The van der Waals surface area contributed by atoms with Gasteiger partial charge in [-0.2, -0.15) is 0 Å². The molecule has 0 aliphatic carbocycles. The predicted octanol–water partition coefficient (Wildman–Crippen LogP) is 3.36. The van der Waals surface area contributed by atoms with Crippen molar-refractivity contribution in [2.45, 2.75) is 38.4 Å². The first kappa shape index (κ1) is 14.7. The number of halogens is 1. The van der Waals surface area contributed by atoms with Crippen molar-refractivity contribution in [2.24, 2.45) is 11.8 Å². The second kappa shape index (κ2) is 5.50. The van der Waals surface area contributed by atoms with Crippen molar-refractivity contribution in [1.82, 2.24) is 0 Å². The highest BCUT2D eigenvalue weighted by atomic mass is 35.5. The Morgan fingerprint density at radius 2 is 2.05 bits per heavy atom. The molecule has 2 aliphatic rings. The summed E-state index contributed by atoms with van der Waals surface area (Å²) < 4.78 is 11.3. The number of benzene rings is 1. The molecule has 21 heavy (non-hydrogen) atoms. The Bertz CT molecular complexity index is 562. The van der Waals surface area contributed by atoms with Crippen LogP contribution in [0.5, 0.6) is 5.75 Å². The lowest BCUT2D eigenvalue weighted by molar-refractivity contribution is -0.118. The third-order valence-corrected chi connectivity index (χ3v) is 5.15. The predicted molar refractivity (Wildman–Crippen MR) is 81.8 cm³/mol. The van der Waals surface area contributed by atoms with Gasteiger partial charge in [0.25, 0.3) is 5.91 Å². The molecule has 3 rings (SSSR count). The summed E-state index contributed by atoms with van der Waals surface area (Å²) in [6.45, 7) is 6.41. The number of fused-ring (bicyclic) bond motifs is 1. The highest BCUT2D eigenvalue weighted by Crippen LogP contribution is 2.45. The van der Waals surface area contributed by atoms with E-state index >= 15 is 0 Å². The zero-order valence-corrected chi connectivity index (χ0v) is 13.2. The Morgan fingerprint density at radius 1 is 1.29 bits per heavy atom. The van der Waals surface area contributed by atoms with Gasteiger partial charge < -0.3 is 14.8 Å². The summed E-state index contributed by atoms with van der Waals surface area (Å²) in [6.07, 6.45) is 0.339. The van der Waals surface area contributed by atoms with Crippen LogP contribution in [0.25, 0.3) is 0 Å². The number of alkyl halides is 1. The molecule has 0 radical (unpaired) electrons. The van der Waals surface area contributed by atoms with Crippen LogP contribution < -0.4 is 10.1 Å². The number of carbonyl (C=O) groups is 1. The van der Waals surface area contributed by atoms with Crippen molar-refractivity contribution in [2.75, 3.05) is 11.9 Å². The molecule has 2 heterocycles. The highest BCUT2D eigenvalue weighted by molar-refractivity contribution is 6.21. The largest absolute Gasteiger partial charge is 0.482 e. The number of carbonyl (C=O) groups excluding carboxylic acids is 1. The maximum absolute atomic E-state index is 11.4. The van der Waals surface area contributed by atoms with Gasteiger partial charge in [0, 0.05) is 5.92 Å². The van der Waals surface area contributed by atoms with Crippen LogP contribution in [0.1, 0.15) is 31.7 Å². The number of nitrogens with one attached hydrogen (secondary N) is 1. The van der Waals surface area contributed by atoms with Crippen LogP contribution in [0.2, 0.25) is 0 Å². The van der Waals surface area contributed by atoms with Crippen LogP contribution in [-0.2, 0) is 9.53 Å². The molecular formula is C16H20ClNO3. The number of ether oxygens (including phenoxy) is 2. The molecule has 0 aromatic heterocycles. The molecule has 1 N–H and O–H groups in total. The third kappa shape index (κ3) is 2.62. The van der Waals surface area contributed by atoms with Gasteiger partial charge >= 0.3 is 0 Å². The molecule has 1 aromatic rings. The van der Waals surface area contributed by atoms with E-state index < -0.39 is 0 Å². The number of rotatable bonds is 2. The quantitative estimate of drug-likeness (QED) is 0.852. The molecule has 114 valence electrons. The van der Waals surface area contributed by atoms with E-state index in [0.717, 1.165) is 5.56 Å². The Balaban J connectivity index is 1.87. The van der Waals surface area contributed by atoms with E-state index in [2.05, 4.69) is 26.1 Å². The monoisotopic (exact) mass is 309 g/mol. The number of hydrogen-bond acceptors (Lipinski definition) is 3. The maximum atomic E-state index is 11.4. The zero-order valence-electron chi connectivity index (χ0n) is 12.4. The zero-order chi connectivity index (χ0) is 15.1. The Morgan fingerprint density at radius 3 is 2.71 bits per heavy atom. The summed E-state index contributed by atoms with van der Waals surface area (Å²) in [5.74, 6) is 1.20. The Kier molecular flexibility index (Phi) is 3.84. The standard InChI is InChI=1S/C16H20ClNO3/c1-8-9(2)21-10(3)15(8)16(17)11-4-5-13-12(6-11)18-14(19)7-20-13/h4-6,8-10,15-16H,7H2,1-3H3,(H,18,19). The van der Waals surface area contributed by atoms with Gasteiger partial charge in [-0.3, -0.25) is 4.79 Å². The van der Waals surface area contributed by atoms with Gasteiger partial charge in [0.05, 0.1) is 23.3 Å². The molecule has 4 nitrogen and oxygen atoms in total. The van der Waals surface area contributed by atoms with Gasteiger partial charge in [-0.15, -0.1) is 11.6 Å². The van der Waals surface area contributed by atoms with Gasteiger partial charge in [-0.05, 0) is 37.5 Å². The summed E-state index contributed by atoms with van der Waals surface area (Å²) in [4.78, 5) is 11.4. The average Bonchev–Trinajstić information content (AvgIpc) is 2.70. The van der Waals surface area contributed by atoms with Gasteiger partial charge in [0.2, 0.25) is 0 Å². The molecule has 0 saturated carbocycles. The minimum Gasteiger partial charge on any atom is -0.482 e. The summed E-state index contributed by atoms with van der Waals surface area (Å²) in [5.41, 5.74) is 1.68. The van der Waals surface area contributed by atoms with Crippen molar-refractivity contribution in [3.63, 3.8) is 0 Å². The van der Waals surface area contributed by atoms with Crippen LogP contribution in [0.3, 0.4) is 0 Å². The van der Waals surface area contributed by atoms with Crippen molar-refractivity contribution in [3.05, 3.63) is 23.8 Å². The average molecular weight is 310 g/mol. The van der Waals surface area contributed by atoms with E-state index in [4.69, 9.17) is 21.1 Å². The van der Waals surface area contributed by atoms with Gasteiger partial charge in [0.1, 0.15) is 5.75 Å².